The topological polar surface area (TPSA) is 71.8 Å². The molecule has 0 aliphatic heterocycles. The van der Waals surface area contributed by atoms with Crippen LogP contribution in [0.5, 0.6) is 0 Å². The number of nitrogens with one attached hydrogen (secondary N) is 1. The Labute approximate surface area is 150 Å². The standard InChI is InChI=1S/C17H12N6S2/c1-10-7-8-24-14(10)15-20-21-17-23(15)22-16(25-17)13-9-12(18-19-13)11-5-3-2-4-6-11/h2-9H,1H3,(H,18,19). The van der Waals surface area contributed by atoms with Gasteiger partial charge in [-0.3, -0.25) is 5.10 Å². The Bertz CT molecular complexity index is 1160. The molecule has 0 aliphatic carbocycles. The van der Waals surface area contributed by atoms with E-state index < -0.39 is 0 Å². The molecule has 0 radical (unpaired) electrons. The number of rotatable bonds is 3. The van der Waals surface area contributed by atoms with E-state index in [2.05, 4.69) is 38.8 Å². The minimum absolute atomic E-state index is 0.772. The maximum absolute atomic E-state index is 4.69. The Morgan fingerprint density at radius 1 is 1.08 bits per heavy atom. The SMILES string of the molecule is Cc1ccsc1-c1nnc2sc(-c3cc(-c4ccccc4)n[nH]3)nn12. The molecule has 6 nitrogen and oxygen atoms in total. The molecule has 4 heterocycles. The normalized spacial score (nSPS) is 11.4. The minimum atomic E-state index is 0.772. The van der Waals surface area contributed by atoms with E-state index in [1.807, 2.05) is 40.9 Å². The van der Waals surface area contributed by atoms with E-state index >= 15 is 0 Å². The minimum Gasteiger partial charge on any atom is -0.275 e. The van der Waals surface area contributed by atoms with Gasteiger partial charge in [0.1, 0.15) is 0 Å². The highest BCUT2D eigenvalue weighted by Gasteiger charge is 2.17. The van der Waals surface area contributed by atoms with Gasteiger partial charge in [0.05, 0.1) is 16.3 Å². The first-order valence-electron chi connectivity index (χ1n) is 7.67. The van der Waals surface area contributed by atoms with Crippen molar-refractivity contribution < 1.29 is 0 Å². The van der Waals surface area contributed by atoms with E-state index in [9.17, 15) is 0 Å². The fourth-order valence-corrected chi connectivity index (χ4v) is 4.36. The lowest BCUT2D eigenvalue weighted by Gasteiger charge is -1.94. The Morgan fingerprint density at radius 2 is 1.96 bits per heavy atom. The molecular weight excluding hydrogens is 352 g/mol. The van der Waals surface area contributed by atoms with Gasteiger partial charge in [0.15, 0.2) is 10.8 Å². The molecule has 0 unspecified atom stereocenters. The summed E-state index contributed by atoms with van der Waals surface area (Å²) in [7, 11) is 0. The summed E-state index contributed by atoms with van der Waals surface area (Å²) in [6.07, 6.45) is 0. The third-order valence-electron chi connectivity index (χ3n) is 3.93. The summed E-state index contributed by atoms with van der Waals surface area (Å²) in [5.74, 6) is 0.785. The van der Waals surface area contributed by atoms with Gasteiger partial charge in [0, 0.05) is 5.56 Å². The molecule has 0 fully saturated rings. The van der Waals surface area contributed by atoms with Gasteiger partial charge in [0.2, 0.25) is 4.96 Å². The highest BCUT2D eigenvalue weighted by Crippen LogP contribution is 2.32. The van der Waals surface area contributed by atoms with Crippen molar-refractivity contribution in [1.82, 2.24) is 30.0 Å². The third-order valence-corrected chi connectivity index (χ3v) is 5.88. The summed E-state index contributed by atoms with van der Waals surface area (Å²) in [5.41, 5.74) is 4.03. The van der Waals surface area contributed by atoms with Crippen LogP contribution in [0.25, 0.3) is 37.6 Å². The number of hydrogen-bond acceptors (Lipinski definition) is 6. The number of fused-ring (bicyclic) bond motifs is 1. The fourth-order valence-electron chi connectivity index (χ4n) is 2.66. The van der Waals surface area contributed by atoms with Crippen LogP contribution in [0.15, 0.2) is 47.8 Å². The largest absolute Gasteiger partial charge is 0.275 e. The number of hydrogen-bond donors (Lipinski definition) is 1. The molecule has 1 aromatic carbocycles. The molecule has 0 spiro atoms. The van der Waals surface area contributed by atoms with E-state index in [4.69, 9.17) is 5.10 Å². The second-order valence-electron chi connectivity index (χ2n) is 5.59. The highest BCUT2D eigenvalue weighted by molar-refractivity contribution is 7.19. The molecule has 0 saturated heterocycles. The second-order valence-corrected chi connectivity index (χ2v) is 7.46. The molecule has 5 aromatic rings. The summed E-state index contributed by atoms with van der Waals surface area (Å²) in [6.45, 7) is 2.07. The van der Waals surface area contributed by atoms with Crippen LogP contribution in [0, 0.1) is 6.92 Å². The van der Waals surface area contributed by atoms with E-state index in [1.54, 1.807) is 11.3 Å². The lowest BCUT2D eigenvalue weighted by Crippen LogP contribution is -1.90. The van der Waals surface area contributed by atoms with Crippen molar-refractivity contribution in [1.29, 1.82) is 0 Å². The zero-order chi connectivity index (χ0) is 16.8. The van der Waals surface area contributed by atoms with Crippen molar-refractivity contribution in [3.05, 3.63) is 53.4 Å². The first-order valence-corrected chi connectivity index (χ1v) is 9.37. The average molecular weight is 364 g/mol. The molecule has 0 saturated carbocycles. The first kappa shape index (κ1) is 14.5. The predicted octanol–water partition coefficient (Wildman–Crippen LogP) is 4.28. The van der Waals surface area contributed by atoms with Gasteiger partial charge in [-0.25, -0.2) is 0 Å². The number of benzene rings is 1. The van der Waals surface area contributed by atoms with Crippen LogP contribution in [0.3, 0.4) is 0 Å². The van der Waals surface area contributed by atoms with E-state index in [0.29, 0.717) is 0 Å². The monoisotopic (exact) mass is 364 g/mol. The van der Waals surface area contributed by atoms with Crippen molar-refractivity contribution in [2.75, 3.05) is 0 Å². The van der Waals surface area contributed by atoms with Crippen LogP contribution < -0.4 is 0 Å². The molecule has 122 valence electrons. The Morgan fingerprint density at radius 3 is 2.76 bits per heavy atom. The van der Waals surface area contributed by atoms with Crippen molar-refractivity contribution in [2.24, 2.45) is 0 Å². The van der Waals surface area contributed by atoms with Crippen LogP contribution in [0.1, 0.15) is 5.56 Å². The maximum Gasteiger partial charge on any atom is 0.235 e. The lowest BCUT2D eigenvalue weighted by molar-refractivity contribution is 0.965. The van der Waals surface area contributed by atoms with Crippen LogP contribution in [-0.4, -0.2) is 30.0 Å². The van der Waals surface area contributed by atoms with Gasteiger partial charge in [-0.05, 0) is 30.0 Å². The third kappa shape index (κ3) is 2.38. The summed E-state index contributed by atoms with van der Waals surface area (Å²) in [6, 6.07) is 14.2. The van der Waals surface area contributed by atoms with Gasteiger partial charge in [0.25, 0.3) is 0 Å². The number of H-pyrrole nitrogens is 1. The Hall–Kier alpha value is -2.84. The maximum atomic E-state index is 4.69. The smallest absolute Gasteiger partial charge is 0.235 e. The van der Waals surface area contributed by atoms with E-state index in [1.165, 1.54) is 16.9 Å². The molecule has 4 aromatic heterocycles. The fraction of sp³-hybridized carbons (Fsp3) is 0.0588. The zero-order valence-electron chi connectivity index (χ0n) is 13.2. The van der Waals surface area contributed by atoms with Gasteiger partial charge in [-0.1, -0.05) is 41.7 Å². The van der Waals surface area contributed by atoms with Crippen LogP contribution in [0.2, 0.25) is 0 Å². The summed E-state index contributed by atoms with van der Waals surface area (Å²) >= 11 is 3.14. The molecule has 0 amide bonds. The van der Waals surface area contributed by atoms with Crippen LogP contribution >= 0.6 is 22.7 Å². The number of aryl methyl sites for hydroxylation is 1. The van der Waals surface area contributed by atoms with Crippen molar-refractivity contribution in [3.63, 3.8) is 0 Å². The number of aromatic nitrogens is 6. The molecule has 0 aliphatic rings. The first-order chi connectivity index (χ1) is 12.3. The van der Waals surface area contributed by atoms with E-state index in [-0.39, 0.29) is 0 Å². The predicted molar refractivity (Wildman–Crippen MR) is 99.7 cm³/mol. The molecule has 5 rings (SSSR count). The van der Waals surface area contributed by atoms with Crippen LogP contribution in [-0.2, 0) is 0 Å². The molecule has 25 heavy (non-hydrogen) atoms. The quantitative estimate of drug-likeness (QED) is 0.519. The Balaban J connectivity index is 1.57. The molecule has 0 atom stereocenters. The van der Waals surface area contributed by atoms with Crippen LogP contribution in [0.4, 0.5) is 0 Å². The summed E-state index contributed by atoms with van der Waals surface area (Å²) < 4.78 is 1.81. The number of nitrogens with zero attached hydrogens (tertiary/aromatic N) is 5. The number of thiophene rings is 1. The zero-order valence-corrected chi connectivity index (χ0v) is 14.8. The molecule has 8 heteroatoms. The summed E-state index contributed by atoms with van der Waals surface area (Å²) in [4.78, 5) is 1.87. The Kier molecular flexibility index (Phi) is 3.25. The molecule has 1 N–H and O–H groups in total. The van der Waals surface area contributed by atoms with Crippen molar-refractivity contribution in [2.45, 2.75) is 6.92 Å². The second kappa shape index (κ2) is 5.61. The molecule has 0 bridgehead atoms. The van der Waals surface area contributed by atoms with Crippen molar-refractivity contribution in [3.8, 4) is 32.7 Å². The van der Waals surface area contributed by atoms with Crippen molar-refractivity contribution >= 4 is 27.6 Å². The molecular formula is C17H12N6S2. The highest BCUT2D eigenvalue weighted by atomic mass is 32.1. The lowest BCUT2D eigenvalue weighted by atomic mass is 10.1. The summed E-state index contributed by atoms with van der Waals surface area (Å²) in [5, 5.41) is 23.6. The average Bonchev–Trinajstić information content (AvgIpc) is 3.39. The van der Waals surface area contributed by atoms with Gasteiger partial charge in [-0.2, -0.15) is 14.7 Å². The number of aromatic amines is 1. The van der Waals surface area contributed by atoms with Gasteiger partial charge >= 0.3 is 0 Å². The van der Waals surface area contributed by atoms with Gasteiger partial charge in [-0.15, -0.1) is 21.5 Å². The van der Waals surface area contributed by atoms with Gasteiger partial charge < -0.3 is 0 Å². The van der Waals surface area contributed by atoms with E-state index in [0.717, 1.165) is 37.6 Å².